The van der Waals surface area contributed by atoms with Crippen LogP contribution in [0.15, 0.2) is 48.8 Å². The number of H-pyrrole nitrogens is 1. The molecule has 0 spiro atoms. The topological polar surface area (TPSA) is 90.6 Å². The standard InChI is InChI=1S/C27H31Cl2N5O3/c1-17(22-8-9-23(25(29)24(22)28)20-14-30-31-15-20)32-27(36)34(21-10-12-33(2)13-11-21)16-18-4-6-19(7-5-18)26(35)37-3/h4-9,14-15,17,21H,10-13,16H2,1-3H3,(H,30,31)(H,32,36). The largest absolute Gasteiger partial charge is 0.465 e. The highest BCUT2D eigenvalue weighted by molar-refractivity contribution is 6.44. The third kappa shape index (κ3) is 6.26. The molecule has 0 radical (unpaired) electrons. The molecule has 1 aliphatic rings. The van der Waals surface area contributed by atoms with Crippen LogP contribution in [0.2, 0.25) is 10.0 Å². The number of benzene rings is 2. The number of hydrogen-bond acceptors (Lipinski definition) is 5. The molecule has 1 saturated heterocycles. The number of halogens is 2. The van der Waals surface area contributed by atoms with Crippen molar-refractivity contribution in [1.82, 2.24) is 25.3 Å². The number of carbonyl (C=O) groups excluding carboxylic acids is 2. The van der Waals surface area contributed by atoms with Crippen LogP contribution in [0.4, 0.5) is 4.79 Å². The van der Waals surface area contributed by atoms with Crippen LogP contribution in [0.1, 0.15) is 47.3 Å². The summed E-state index contributed by atoms with van der Waals surface area (Å²) in [6, 6.07) is 10.5. The Bertz CT molecular complexity index is 1230. The normalized spacial score (nSPS) is 15.3. The lowest BCUT2D eigenvalue weighted by Gasteiger charge is -2.38. The van der Waals surface area contributed by atoms with E-state index in [-0.39, 0.29) is 24.1 Å². The molecule has 2 N–H and O–H groups in total. The number of esters is 1. The number of urea groups is 1. The second-order valence-corrected chi connectivity index (χ2v) is 10.1. The van der Waals surface area contributed by atoms with E-state index in [1.54, 1.807) is 24.5 Å². The molecule has 2 heterocycles. The first-order valence-corrected chi connectivity index (χ1v) is 12.9. The van der Waals surface area contributed by atoms with Crippen LogP contribution in [-0.2, 0) is 11.3 Å². The van der Waals surface area contributed by atoms with Crippen LogP contribution in [0.25, 0.3) is 11.1 Å². The Morgan fingerprint density at radius 1 is 1.16 bits per heavy atom. The summed E-state index contributed by atoms with van der Waals surface area (Å²) in [6.45, 7) is 4.15. The van der Waals surface area contributed by atoms with Gasteiger partial charge >= 0.3 is 12.0 Å². The first kappa shape index (κ1) is 27.0. The van der Waals surface area contributed by atoms with E-state index in [2.05, 4.69) is 27.5 Å². The zero-order valence-corrected chi connectivity index (χ0v) is 22.6. The van der Waals surface area contributed by atoms with Crippen molar-refractivity contribution < 1.29 is 14.3 Å². The molecule has 0 saturated carbocycles. The van der Waals surface area contributed by atoms with E-state index < -0.39 is 0 Å². The van der Waals surface area contributed by atoms with Gasteiger partial charge in [0.05, 0.1) is 35.0 Å². The predicted octanol–water partition coefficient (Wildman–Crippen LogP) is 5.54. The van der Waals surface area contributed by atoms with Gasteiger partial charge in [0.1, 0.15) is 0 Å². The number of rotatable bonds is 7. The SMILES string of the molecule is COC(=O)c1ccc(CN(C(=O)NC(C)c2ccc(-c3cn[nH]c3)c(Cl)c2Cl)C2CCN(C)CC2)cc1. The van der Waals surface area contributed by atoms with Gasteiger partial charge in [-0.25, -0.2) is 9.59 Å². The fraction of sp³-hybridized carbons (Fsp3) is 0.370. The van der Waals surface area contributed by atoms with Crippen LogP contribution in [0, 0.1) is 0 Å². The molecule has 4 rings (SSSR count). The van der Waals surface area contributed by atoms with E-state index in [1.165, 1.54) is 7.11 Å². The fourth-order valence-electron chi connectivity index (χ4n) is 4.60. The van der Waals surface area contributed by atoms with Gasteiger partial charge in [0.25, 0.3) is 0 Å². The van der Waals surface area contributed by atoms with E-state index >= 15 is 0 Å². The summed E-state index contributed by atoms with van der Waals surface area (Å²) in [5.74, 6) is -0.389. The zero-order chi connectivity index (χ0) is 26.5. The molecule has 1 aromatic heterocycles. The summed E-state index contributed by atoms with van der Waals surface area (Å²) in [6.07, 6.45) is 5.19. The summed E-state index contributed by atoms with van der Waals surface area (Å²) in [7, 11) is 3.45. The van der Waals surface area contributed by atoms with Crippen LogP contribution in [0.5, 0.6) is 0 Å². The summed E-state index contributed by atoms with van der Waals surface area (Å²) in [5.41, 5.74) is 3.74. The number of carbonyl (C=O) groups is 2. The van der Waals surface area contributed by atoms with Gasteiger partial charge < -0.3 is 19.9 Å². The van der Waals surface area contributed by atoms with Crippen molar-refractivity contribution in [3.05, 3.63) is 75.5 Å². The van der Waals surface area contributed by atoms with Gasteiger partial charge in [0.2, 0.25) is 0 Å². The number of aromatic amines is 1. The molecule has 1 unspecified atom stereocenters. The molecule has 3 aromatic rings. The summed E-state index contributed by atoms with van der Waals surface area (Å²) in [4.78, 5) is 29.6. The Balaban J connectivity index is 1.53. The van der Waals surface area contributed by atoms with Gasteiger partial charge in [-0.1, -0.05) is 47.5 Å². The summed E-state index contributed by atoms with van der Waals surface area (Å²) in [5, 5.41) is 10.7. The van der Waals surface area contributed by atoms with Crippen LogP contribution in [-0.4, -0.2) is 65.3 Å². The van der Waals surface area contributed by atoms with E-state index in [1.807, 2.05) is 36.1 Å². The minimum absolute atomic E-state index is 0.0891. The smallest absolute Gasteiger partial charge is 0.337 e. The predicted molar refractivity (Wildman–Crippen MR) is 145 cm³/mol. The molecule has 2 amide bonds. The maximum absolute atomic E-state index is 13.6. The maximum Gasteiger partial charge on any atom is 0.337 e. The Morgan fingerprint density at radius 2 is 1.86 bits per heavy atom. The van der Waals surface area contributed by atoms with Crippen LogP contribution >= 0.6 is 23.2 Å². The summed E-state index contributed by atoms with van der Waals surface area (Å²) < 4.78 is 4.79. The number of methoxy groups -OCH3 is 1. The van der Waals surface area contributed by atoms with Gasteiger partial charge in [0.15, 0.2) is 0 Å². The molecule has 2 aromatic carbocycles. The Kier molecular flexibility index (Phi) is 8.74. The second-order valence-electron chi connectivity index (χ2n) is 9.34. The third-order valence-electron chi connectivity index (χ3n) is 6.85. The molecule has 8 nitrogen and oxygen atoms in total. The van der Waals surface area contributed by atoms with Crippen LogP contribution < -0.4 is 5.32 Å². The second kappa shape index (κ2) is 12.0. The number of ether oxygens (including phenoxy) is 1. The molecule has 1 aliphatic heterocycles. The molecule has 196 valence electrons. The molecule has 1 fully saturated rings. The first-order chi connectivity index (χ1) is 17.8. The van der Waals surface area contributed by atoms with Gasteiger partial charge in [-0.05, 0) is 63.2 Å². The number of likely N-dealkylation sites (tertiary alicyclic amines) is 1. The van der Waals surface area contributed by atoms with E-state index in [4.69, 9.17) is 27.9 Å². The average Bonchev–Trinajstić information content (AvgIpc) is 3.44. The number of nitrogens with one attached hydrogen (secondary N) is 2. The van der Waals surface area contributed by atoms with E-state index in [0.29, 0.717) is 22.2 Å². The van der Waals surface area contributed by atoms with Gasteiger partial charge in [-0.3, -0.25) is 5.10 Å². The Morgan fingerprint density at radius 3 is 2.49 bits per heavy atom. The van der Waals surface area contributed by atoms with Crippen molar-refractivity contribution in [3.63, 3.8) is 0 Å². The van der Waals surface area contributed by atoms with E-state index in [9.17, 15) is 9.59 Å². The molecule has 37 heavy (non-hydrogen) atoms. The minimum atomic E-state index is -0.389. The lowest BCUT2D eigenvalue weighted by molar-refractivity contribution is 0.0600. The number of aromatic nitrogens is 2. The average molecular weight is 544 g/mol. The number of piperidine rings is 1. The molecular formula is C27H31Cl2N5O3. The number of amides is 2. The number of nitrogens with zero attached hydrogens (tertiary/aromatic N) is 3. The molecule has 0 aliphatic carbocycles. The van der Waals surface area contributed by atoms with Crippen LogP contribution in [0.3, 0.4) is 0 Å². The van der Waals surface area contributed by atoms with Crippen molar-refractivity contribution in [2.45, 2.75) is 38.4 Å². The van der Waals surface area contributed by atoms with Crippen molar-refractivity contribution in [2.24, 2.45) is 0 Å². The van der Waals surface area contributed by atoms with Gasteiger partial charge in [-0.2, -0.15) is 5.10 Å². The van der Waals surface area contributed by atoms with Crippen molar-refractivity contribution in [2.75, 3.05) is 27.2 Å². The maximum atomic E-state index is 13.6. The molecule has 0 bridgehead atoms. The summed E-state index contributed by atoms with van der Waals surface area (Å²) >= 11 is 13.2. The lowest BCUT2D eigenvalue weighted by atomic mass is 10.0. The molecule has 10 heteroatoms. The van der Waals surface area contributed by atoms with Gasteiger partial charge in [0, 0.05) is 29.9 Å². The quantitative estimate of drug-likeness (QED) is 0.382. The van der Waals surface area contributed by atoms with E-state index in [0.717, 1.165) is 48.2 Å². The highest BCUT2D eigenvalue weighted by Crippen LogP contribution is 2.38. The molecular weight excluding hydrogens is 513 g/mol. The van der Waals surface area contributed by atoms with Gasteiger partial charge in [-0.15, -0.1) is 0 Å². The highest BCUT2D eigenvalue weighted by atomic mass is 35.5. The van der Waals surface area contributed by atoms with Crippen molar-refractivity contribution in [1.29, 1.82) is 0 Å². The lowest BCUT2D eigenvalue weighted by Crippen LogP contribution is -2.50. The van der Waals surface area contributed by atoms with Crippen molar-refractivity contribution >= 4 is 35.2 Å². The third-order valence-corrected chi connectivity index (χ3v) is 7.74. The minimum Gasteiger partial charge on any atom is -0.465 e. The Hall–Kier alpha value is -3.07. The first-order valence-electron chi connectivity index (χ1n) is 12.2. The Labute approximate surface area is 226 Å². The highest BCUT2D eigenvalue weighted by Gasteiger charge is 2.29. The fourth-order valence-corrected chi connectivity index (χ4v) is 5.21. The monoisotopic (exact) mass is 543 g/mol. The zero-order valence-electron chi connectivity index (χ0n) is 21.1. The number of hydrogen-bond donors (Lipinski definition) is 2. The van der Waals surface area contributed by atoms with Crippen molar-refractivity contribution in [3.8, 4) is 11.1 Å². The molecule has 1 atom stereocenters.